The summed E-state index contributed by atoms with van der Waals surface area (Å²) in [6.45, 7) is 5.74. The van der Waals surface area contributed by atoms with E-state index in [1.54, 1.807) is 10.4 Å². The highest BCUT2D eigenvalue weighted by Gasteiger charge is 2.27. The molecule has 1 N–H and O–H groups in total. The lowest BCUT2D eigenvalue weighted by Gasteiger charge is -2.29. The molecule has 0 fully saturated rings. The zero-order valence-electron chi connectivity index (χ0n) is 9.26. The van der Waals surface area contributed by atoms with Crippen molar-refractivity contribution in [3.8, 4) is 0 Å². The topological polar surface area (TPSA) is 12.0 Å². The predicted octanol–water partition coefficient (Wildman–Crippen LogP) is 2.94. The van der Waals surface area contributed by atoms with E-state index in [1.165, 1.54) is 17.7 Å². The van der Waals surface area contributed by atoms with Gasteiger partial charge in [-0.25, -0.2) is 0 Å². The molecule has 14 heavy (non-hydrogen) atoms. The Kier molecular flexibility index (Phi) is 2.93. The zero-order valence-corrected chi connectivity index (χ0v) is 10.1. The van der Waals surface area contributed by atoms with Gasteiger partial charge in [-0.3, -0.25) is 0 Å². The Morgan fingerprint density at radius 1 is 1.57 bits per heavy atom. The molecule has 0 amide bonds. The van der Waals surface area contributed by atoms with Crippen LogP contribution < -0.4 is 5.32 Å². The molecule has 1 aromatic heterocycles. The van der Waals surface area contributed by atoms with Crippen molar-refractivity contribution in [1.29, 1.82) is 0 Å². The average Bonchev–Trinajstić information content (AvgIpc) is 2.51. The van der Waals surface area contributed by atoms with Crippen LogP contribution in [0.25, 0.3) is 0 Å². The van der Waals surface area contributed by atoms with Crippen molar-refractivity contribution in [3.05, 3.63) is 21.4 Å². The number of hydrogen-bond acceptors (Lipinski definition) is 2. The monoisotopic (exact) mass is 209 g/mol. The van der Waals surface area contributed by atoms with Crippen molar-refractivity contribution in [3.63, 3.8) is 0 Å². The summed E-state index contributed by atoms with van der Waals surface area (Å²) in [5.74, 6) is 1.58. The van der Waals surface area contributed by atoms with E-state index >= 15 is 0 Å². The second kappa shape index (κ2) is 4.03. The first kappa shape index (κ1) is 10.2. The third-order valence-electron chi connectivity index (χ3n) is 3.30. The molecule has 78 valence electrons. The van der Waals surface area contributed by atoms with E-state index < -0.39 is 0 Å². The molecule has 2 unspecified atom stereocenters. The molecule has 0 aliphatic heterocycles. The Balaban J connectivity index is 2.30. The first-order valence-electron chi connectivity index (χ1n) is 5.46. The molecule has 0 aromatic carbocycles. The zero-order chi connectivity index (χ0) is 10.1. The molecule has 0 saturated carbocycles. The minimum absolute atomic E-state index is 0.744. The van der Waals surface area contributed by atoms with E-state index in [-0.39, 0.29) is 0 Å². The molecule has 1 aliphatic carbocycles. The predicted molar refractivity (Wildman–Crippen MR) is 63.2 cm³/mol. The third kappa shape index (κ3) is 1.73. The van der Waals surface area contributed by atoms with Crippen LogP contribution in [0.1, 0.15) is 34.6 Å². The Bertz CT molecular complexity index is 316. The van der Waals surface area contributed by atoms with E-state index in [4.69, 9.17) is 0 Å². The number of nitrogens with one attached hydrogen (secondary N) is 1. The van der Waals surface area contributed by atoms with E-state index in [0.29, 0.717) is 0 Å². The number of fused-ring (bicyclic) bond motifs is 1. The van der Waals surface area contributed by atoms with Crippen LogP contribution in [-0.2, 0) is 6.42 Å². The molecule has 0 radical (unpaired) electrons. The maximum Gasteiger partial charge on any atom is 0.00835 e. The van der Waals surface area contributed by atoms with Gasteiger partial charge >= 0.3 is 0 Å². The normalized spacial score (nSPS) is 26.2. The van der Waals surface area contributed by atoms with Gasteiger partial charge in [-0.05, 0) is 44.4 Å². The second-order valence-electron chi connectivity index (χ2n) is 4.42. The van der Waals surface area contributed by atoms with E-state index in [0.717, 1.165) is 18.4 Å². The highest BCUT2D eigenvalue weighted by molar-refractivity contribution is 7.12. The minimum atomic E-state index is 0.744. The summed E-state index contributed by atoms with van der Waals surface area (Å²) in [5.41, 5.74) is 1.63. The van der Waals surface area contributed by atoms with E-state index in [1.807, 2.05) is 11.3 Å². The lowest BCUT2D eigenvalue weighted by molar-refractivity contribution is 0.396. The first-order valence-corrected chi connectivity index (χ1v) is 6.28. The van der Waals surface area contributed by atoms with Gasteiger partial charge in [-0.2, -0.15) is 0 Å². The summed E-state index contributed by atoms with van der Waals surface area (Å²) >= 11 is 1.99. The standard InChI is InChI=1S/C12H19NS/c1-8-4-5-12-10(6-9(2)14-12)11(8)7-13-3/h6,8,11,13H,4-5,7H2,1-3H3. The molecule has 0 bridgehead atoms. The molecule has 2 atom stereocenters. The Morgan fingerprint density at radius 3 is 3.07 bits per heavy atom. The fourth-order valence-corrected chi connectivity index (χ4v) is 3.61. The van der Waals surface area contributed by atoms with E-state index in [2.05, 4.69) is 32.3 Å². The SMILES string of the molecule is CNCC1c2cc(C)sc2CCC1C. The molecule has 0 saturated heterocycles. The molecule has 1 heterocycles. The van der Waals surface area contributed by atoms with Crippen LogP contribution in [0.4, 0.5) is 0 Å². The van der Waals surface area contributed by atoms with Crippen LogP contribution in [-0.4, -0.2) is 13.6 Å². The quantitative estimate of drug-likeness (QED) is 0.789. The van der Waals surface area contributed by atoms with Gasteiger partial charge in [0.1, 0.15) is 0 Å². The maximum absolute atomic E-state index is 3.32. The number of hydrogen-bond donors (Lipinski definition) is 1. The highest BCUT2D eigenvalue weighted by Crippen LogP contribution is 2.39. The van der Waals surface area contributed by atoms with Gasteiger partial charge in [-0.15, -0.1) is 11.3 Å². The largest absolute Gasteiger partial charge is 0.319 e. The fraction of sp³-hybridized carbons (Fsp3) is 0.667. The number of likely N-dealkylation sites (N-methyl/N-ethyl adjacent to an activating group) is 1. The highest BCUT2D eigenvalue weighted by atomic mass is 32.1. The van der Waals surface area contributed by atoms with Crippen LogP contribution >= 0.6 is 11.3 Å². The van der Waals surface area contributed by atoms with Crippen molar-refractivity contribution in [2.45, 2.75) is 32.6 Å². The molecular weight excluding hydrogens is 190 g/mol. The Hall–Kier alpha value is -0.340. The van der Waals surface area contributed by atoms with E-state index in [9.17, 15) is 0 Å². The summed E-state index contributed by atoms with van der Waals surface area (Å²) in [7, 11) is 2.06. The van der Waals surface area contributed by atoms with Crippen molar-refractivity contribution in [1.82, 2.24) is 5.32 Å². The molecule has 1 nitrogen and oxygen atoms in total. The van der Waals surface area contributed by atoms with Crippen molar-refractivity contribution >= 4 is 11.3 Å². The van der Waals surface area contributed by atoms with Gasteiger partial charge in [0.15, 0.2) is 0 Å². The number of thiophene rings is 1. The van der Waals surface area contributed by atoms with Gasteiger partial charge in [0.2, 0.25) is 0 Å². The first-order chi connectivity index (χ1) is 6.72. The van der Waals surface area contributed by atoms with Crippen LogP contribution in [0.15, 0.2) is 6.07 Å². The third-order valence-corrected chi connectivity index (χ3v) is 4.43. The molecule has 1 aromatic rings. The second-order valence-corrected chi connectivity index (χ2v) is 5.76. The van der Waals surface area contributed by atoms with Crippen molar-refractivity contribution < 1.29 is 0 Å². The summed E-state index contributed by atoms with van der Waals surface area (Å²) in [6.07, 6.45) is 2.66. The van der Waals surface area contributed by atoms with Crippen molar-refractivity contribution in [2.24, 2.45) is 5.92 Å². The molecular formula is C12H19NS. The lowest BCUT2D eigenvalue weighted by atomic mass is 9.79. The van der Waals surface area contributed by atoms with Crippen LogP contribution in [0.3, 0.4) is 0 Å². The van der Waals surface area contributed by atoms with Crippen LogP contribution in [0.5, 0.6) is 0 Å². The summed E-state index contributed by atoms with van der Waals surface area (Å²) in [5, 5.41) is 3.32. The van der Waals surface area contributed by atoms with Crippen LogP contribution in [0.2, 0.25) is 0 Å². The van der Waals surface area contributed by atoms with Gasteiger partial charge in [-0.1, -0.05) is 6.92 Å². The number of rotatable bonds is 2. The number of aryl methyl sites for hydroxylation is 2. The Labute approximate surface area is 90.5 Å². The summed E-state index contributed by atoms with van der Waals surface area (Å²) in [6, 6.07) is 2.40. The lowest BCUT2D eigenvalue weighted by Crippen LogP contribution is -2.26. The van der Waals surface area contributed by atoms with Gasteiger partial charge < -0.3 is 5.32 Å². The maximum atomic E-state index is 3.32. The summed E-state index contributed by atoms with van der Waals surface area (Å²) < 4.78 is 0. The van der Waals surface area contributed by atoms with Gasteiger partial charge in [0, 0.05) is 22.2 Å². The van der Waals surface area contributed by atoms with Crippen LogP contribution in [0, 0.1) is 12.8 Å². The molecule has 0 spiro atoms. The summed E-state index contributed by atoms with van der Waals surface area (Å²) in [4.78, 5) is 3.12. The van der Waals surface area contributed by atoms with Crippen molar-refractivity contribution in [2.75, 3.05) is 13.6 Å². The Morgan fingerprint density at radius 2 is 2.36 bits per heavy atom. The molecule has 1 aliphatic rings. The smallest absolute Gasteiger partial charge is 0.00835 e. The minimum Gasteiger partial charge on any atom is -0.319 e. The van der Waals surface area contributed by atoms with Gasteiger partial charge in [0.05, 0.1) is 0 Å². The van der Waals surface area contributed by atoms with Gasteiger partial charge in [0.25, 0.3) is 0 Å². The molecule has 2 rings (SSSR count). The fourth-order valence-electron chi connectivity index (χ4n) is 2.49. The molecule has 2 heteroatoms. The average molecular weight is 209 g/mol.